The molecule has 1 heterocycles. The summed E-state index contributed by atoms with van der Waals surface area (Å²) in [4.78, 5) is 0. The van der Waals surface area contributed by atoms with E-state index in [4.69, 9.17) is 4.74 Å². The van der Waals surface area contributed by atoms with Crippen molar-refractivity contribution in [3.8, 4) is 5.75 Å². The van der Waals surface area contributed by atoms with Crippen LogP contribution in [0.2, 0.25) is 0 Å². The van der Waals surface area contributed by atoms with Crippen LogP contribution >= 0.6 is 15.9 Å². The highest BCUT2D eigenvalue weighted by Crippen LogP contribution is 2.35. The van der Waals surface area contributed by atoms with E-state index >= 15 is 0 Å². The van der Waals surface area contributed by atoms with Crippen molar-refractivity contribution in [2.24, 2.45) is 0 Å². The summed E-state index contributed by atoms with van der Waals surface area (Å²) in [5.74, 6) is 0.969. The molecule has 15 heavy (non-hydrogen) atoms. The monoisotopic (exact) mass is 269 g/mol. The molecule has 82 valence electrons. The largest absolute Gasteiger partial charge is 0.495 e. The molecule has 0 amide bonds. The summed E-state index contributed by atoms with van der Waals surface area (Å²) in [5.41, 5.74) is 1.27. The SMILES string of the molecule is COc1c(Br)cccc1C1CCCCN1. The van der Waals surface area contributed by atoms with Gasteiger partial charge in [-0.1, -0.05) is 18.6 Å². The number of benzene rings is 1. The Balaban J connectivity index is 2.29. The van der Waals surface area contributed by atoms with Gasteiger partial charge in [0, 0.05) is 11.6 Å². The normalized spacial score (nSPS) is 21.3. The van der Waals surface area contributed by atoms with Crippen molar-refractivity contribution in [2.45, 2.75) is 25.3 Å². The van der Waals surface area contributed by atoms with Crippen molar-refractivity contribution < 1.29 is 4.74 Å². The lowest BCUT2D eigenvalue weighted by molar-refractivity contribution is 0.372. The van der Waals surface area contributed by atoms with E-state index < -0.39 is 0 Å². The van der Waals surface area contributed by atoms with Crippen molar-refractivity contribution in [1.82, 2.24) is 5.32 Å². The van der Waals surface area contributed by atoms with Crippen LogP contribution in [0.4, 0.5) is 0 Å². The van der Waals surface area contributed by atoms with Gasteiger partial charge in [-0.15, -0.1) is 0 Å². The van der Waals surface area contributed by atoms with Crippen LogP contribution in [0.15, 0.2) is 22.7 Å². The molecule has 1 aliphatic heterocycles. The highest BCUT2D eigenvalue weighted by atomic mass is 79.9. The molecule has 1 aromatic carbocycles. The number of rotatable bonds is 2. The number of hydrogen-bond acceptors (Lipinski definition) is 2. The fourth-order valence-electron chi connectivity index (χ4n) is 2.13. The summed E-state index contributed by atoms with van der Waals surface area (Å²) in [7, 11) is 1.73. The lowest BCUT2D eigenvalue weighted by Crippen LogP contribution is -2.27. The topological polar surface area (TPSA) is 21.3 Å². The Bertz CT molecular complexity index is 334. The Kier molecular flexibility index (Phi) is 3.65. The maximum Gasteiger partial charge on any atom is 0.137 e. The van der Waals surface area contributed by atoms with E-state index in [9.17, 15) is 0 Å². The molecule has 0 radical (unpaired) electrons. The molecule has 0 aromatic heterocycles. The fraction of sp³-hybridized carbons (Fsp3) is 0.500. The van der Waals surface area contributed by atoms with Crippen LogP contribution in [0.3, 0.4) is 0 Å². The van der Waals surface area contributed by atoms with Crippen molar-refractivity contribution in [3.05, 3.63) is 28.2 Å². The summed E-state index contributed by atoms with van der Waals surface area (Å²) in [6.45, 7) is 1.11. The smallest absolute Gasteiger partial charge is 0.137 e. The minimum Gasteiger partial charge on any atom is -0.495 e. The molecule has 1 saturated heterocycles. The summed E-state index contributed by atoms with van der Waals surface area (Å²) in [6, 6.07) is 6.68. The minimum atomic E-state index is 0.450. The Morgan fingerprint density at radius 2 is 2.27 bits per heavy atom. The van der Waals surface area contributed by atoms with E-state index in [1.54, 1.807) is 7.11 Å². The second kappa shape index (κ2) is 4.99. The molecule has 0 saturated carbocycles. The van der Waals surface area contributed by atoms with E-state index in [2.05, 4.69) is 33.4 Å². The van der Waals surface area contributed by atoms with Gasteiger partial charge in [0.2, 0.25) is 0 Å². The third kappa shape index (κ3) is 2.34. The third-order valence-electron chi connectivity index (χ3n) is 2.89. The first-order valence-electron chi connectivity index (χ1n) is 5.38. The van der Waals surface area contributed by atoms with Crippen LogP contribution in [0.1, 0.15) is 30.9 Å². The van der Waals surface area contributed by atoms with Gasteiger partial charge in [0.1, 0.15) is 5.75 Å². The lowest BCUT2D eigenvalue weighted by Gasteiger charge is -2.25. The van der Waals surface area contributed by atoms with Crippen LogP contribution < -0.4 is 10.1 Å². The summed E-state index contributed by atoms with van der Waals surface area (Å²) < 4.78 is 6.48. The van der Waals surface area contributed by atoms with Gasteiger partial charge in [-0.3, -0.25) is 0 Å². The van der Waals surface area contributed by atoms with Gasteiger partial charge in [0.25, 0.3) is 0 Å². The molecule has 1 unspecified atom stereocenters. The molecule has 1 atom stereocenters. The van der Waals surface area contributed by atoms with Crippen LogP contribution in [-0.4, -0.2) is 13.7 Å². The lowest BCUT2D eigenvalue weighted by atomic mass is 9.97. The molecule has 2 rings (SSSR count). The fourth-order valence-corrected chi connectivity index (χ4v) is 2.68. The summed E-state index contributed by atoms with van der Waals surface area (Å²) in [5, 5.41) is 3.54. The average Bonchev–Trinajstić information content (AvgIpc) is 2.30. The first-order valence-corrected chi connectivity index (χ1v) is 6.18. The molecule has 1 fully saturated rings. The van der Waals surface area contributed by atoms with Crippen molar-refractivity contribution >= 4 is 15.9 Å². The molecule has 2 nitrogen and oxygen atoms in total. The standard InChI is InChI=1S/C12H16BrNO/c1-15-12-9(5-4-6-10(12)13)11-7-2-3-8-14-11/h4-6,11,14H,2-3,7-8H2,1H3. The molecule has 3 heteroatoms. The average molecular weight is 270 g/mol. The van der Waals surface area contributed by atoms with Gasteiger partial charge in [-0.25, -0.2) is 0 Å². The molecule has 0 bridgehead atoms. The predicted octanol–water partition coefficient (Wildman–Crippen LogP) is 3.27. The Morgan fingerprint density at radius 1 is 1.40 bits per heavy atom. The second-order valence-electron chi connectivity index (χ2n) is 3.86. The van der Waals surface area contributed by atoms with Gasteiger partial charge < -0.3 is 10.1 Å². The molecular weight excluding hydrogens is 254 g/mol. The molecule has 1 aliphatic rings. The van der Waals surface area contributed by atoms with E-state index in [-0.39, 0.29) is 0 Å². The maximum atomic E-state index is 5.44. The van der Waals surface area contributed by atoms with Gasteiger partial charge in [-0.05, 0) is 41.4 Å². The number of ether oxygens (including phenoxy) is 1. The molecule has 1 N–H and O–H groups in total. The van der Waals surface area contributed by atoms with E-state index in [0.29, 0.717) is 6.04 Å². The van der Waals surface area contributed by atoms with Crippen molar-refractivity contribution in [3.63, 3.8) is 0 Å². The van der Waals surface area contributed by atoms with Crippen LogP contribution in [-0.2, 0) is 0 Å². The number of halogens is 1. The zero-order valence-corrected chi connectivity index (χ0v) is 10.5. The van der Waals surface area contributed by atoms with E-state index in [0.717, 1.165) is 16.8 Å². The van der Waals surface area contributed by atoms with Crippen LogP contribution in [0, 0.1) is 0 Å². The first-order chi connectivity index (χ1) is 7.33. The van der Waals surface area contributed by atoms with Crippen LogP contribution in [0.25, 0.3) is 0 Å². The quantitative estimate of drug-likeness (QED) is 0.890. The number of nitrogens with one attached hydrogen (secondary N) is 1. The number of hydrogen-bond donors (Lipinski definition) is 1. The number of para-hydroxylation sites is 1. The van der Waals surface area contributed by atoms with Gasteiger partial charge >= 0.3 is 0 Å². The highest BCUT2D eigenvalue weighted by Gasteiger charge is 2.19. The van der Waals surface area contributed by atoms with E-state index in [1.165, 1.54) is 24.8 Å². The maximum absolute atomic E-state index is 5.44. The second-order valence-corrected chi connectivity index (χ2v) is 4.72. The molecule has 0 spiro atoms. The molecule has 0 aliphatic carbocycles. The molecular formula is C12H16BrNO. The Labute approximate surface area is 99.1 Å². The third-order valence-corrected chi connectivity index (χ3v) is 3.51. The van der Waals surface area contributed by atoms with Gasteiger partial charge in [0.15, 0.2) is 0 Å². The van der Waals surface area contributed by atoms with Gasteiger partial charge in [-0.2, -0.15) is 0 Å². The molecule has 1 aromatic rings. The first kappa shape index (κ1) is 11.0. The zero-order chi connectivity index (χ0) is 10.7. The van der Waals surface area contributed by atoms with Gasteiger partial charge in [0.05, 0.1) is 11.6 Å². The van der Waals surface area contributed by atoms with Crippen molar-refractivity contribution in [1.29, 1.82) is 0 Å². The predicted molar refractivity (Wildman–Crippen MR) is 65.3 cm³/mol. The summed E-state index contributed by atoms with van der Waals surface area (Å²) >= 11 is 3.52. The number of piperidine rings is 1. The minimum absolute atomic E-state index is 0.450. The van der Waals surface area contributed by atoms with E-state index in [1.807, 2.05) is 6.07 Å². The zero-order valence-electron chi connectivity index (χ0n) is 8.92. The Morgan fingerprint density at radius 3 is 2.93 bits per heavy atom. The number of methoxy groups -OCH3 is 1. The summed E-state index contributed by atoms with van der Waals surface area (Å²) in [6.07, 6.45) is 3.78. The highest BCUT2D eigenvalue weighted by molar-refractivity contribution is 9.10. The van der Waals surface area contributed by atoms with Crippen LogP contribution in [0.5, 0.6) is 5.75 Å². The Hall–Kier alpha value is -0.540. The van der Waals surface area contributed by atoms with Crippen molar-refractivity contribution in [2.75, 3.05) is 13.7 Å².